The third kappa shape index (κ3) is 3.98. The number of likely N-dealkylation sites (tertiary alicyclic amines) is 1. The molecular weight excluding hydrogens is 359 g/mol. The minimum Gasteiger partial charge on any atom is -0.437 e. The maximum absolute atomic E-state index is 13.5. The number of hydrogen-bond acceptors (Lipinski definition) is 5. The van der Waals surface area contributed by atoms with Crippen molar-refractivity contribution in [2.24, 2.45) is 0 Å². The zero-order chi connectivity index (χ0) is 19.3. The first kappa shape index (κ1) is 18.0. The fraction of sp³-hybridized carbons (Fsp3) is 0.238. The number of hydrogen-bond donors (Lipinski definition) is 0. The second-order valence-electron chi connectivity index (χ2n) is 6.63. The Morgan fingerprint density at radius 1 is 1.11 bits per heavy atom. The smallest absolute Gasteiger partial charge is 0.253 e. The first-order valence-electron chi connectivity index (χ1n) is 9.14. The summed E-state index contributed by atoms with van der Waals surface area (Å²) in [6.07, 6.45) is 8.11. The molecule has 4 rings (SSSR count). The Kier molecular flexibility index (Phi) is 5.23. The molecule has 0 spiro atoms. The van der Waals surface area contributed by atoms with E-state index in [9.17, 15) is 9.18 Å². The summed E-state index contributed by atoms with van der Waals surface area (Å²) in [7, 11) is 0. The molecule has 6 nitrogen and oxygen atoms in total. The molecule has 1 aliphatic rings. The number of carbonyl (C=O) groups is 1. The molecule has 2 aromatic heterocycles. The molecule has 0 aliphatic carbocycles. The Balaban J connectivity index is 1.55. The van der Waals surface area contributed by atoms with Crippen LogP contribution in [-0.2, 0) is 0 Å². The number of amides is 1. The van der Waals surface area contributed by atoms with E-state index in [4.69, 9.17) is 4.74 Å². The maximum Gasteiger partial charge on any atom is 0.253 e. The molecule has 0 radical (unpaired) electrons. The molecule has 0 saturated carbocycles. The van der Waals surface area contributed by atoms with Crippen LogP contribution in [0.25, 0.3) is 0 Å². The Hall–Kier alpha value is -3.35. The van der Waals surface area contributed by atoms with Crippen molar-refractivity contribution in [1.82, 2.24) is 19.9 Å². The zero-order valence-electron chi connectivity index (χ0n) is 15.2. The van der Waals surface area contributed by atoms with Crippen molar-refractivity contribution in [3.05, 3.63) is 78.3 Å². The SMILES string of the molecule is O=C(c1ccncc1)N1CCCC(c2nccnc2Oc2cccc(F)c2)C1. The summed E-state index contributed by atoms with van der Waals surface area (Å²) >= 11 is 0. The topological polar surface area (TPSA) is 68.2 Å². The second kappa shape index (κ2) is 8.12. The molecule has 3 heterocycles. The molecule has 1 fully saturated rings. The number of rotatable bonds is 4. The number of carbonyl (C=O) groups excluding carboxylic acids is 1. The van der Waals surface area contributed by atoms with E-state index in [2.05, 4.69) is 15.0 Å². The van der Waals surface area contributed by atoms with Crippen molar-refractivity contribution >= 4 is 5.91 Å². The quantitative estimate of drug-likeness (QED) is 0.690. The molecule has 0 bridgehead atoms. The van der Waals surface area contributed by atoms with Gasteiger partial charge in [-0.25, -0.2) is 9.37 Å². The van der Waals surface area contributed by atoms with Gasteiger partial charge < -0.3 is 9.64 Å². The minimum atomic E-state index is -0.380. The third-order valence-electron chi connectivity index (χ3n) is 4.72. The van der Waals surface area contributed by atoms with Gasteiger partial charge in [0.15, 0.2) is 0 Å². The first-order chi connectivity index (χ1) is 13.7. The van der Waals surface area contributed by atoms with Gasteiger partial charge in [-0.15, -0.1) is 0 Å². The van der Waals surface area contributed by atoms with Crippen LogP contribution < -0.4 is 4.74 Å². The summed E-state index contributed by atoms with van der Waals surface area (Å²) in [5.41, 5.74) is 1.30. The van der Waals surface area contributed by atoms with Crippen LogP contribution >= 0.6 is 0 Å². The van der Waals surface area contributed by atoms with Crippen molar-refractivity contribution in [3.63, 3.8) is 0 Å². The lowest BCUT2D eigenvalue weighted by molar-refractivity contribution is 0.0704. The number of nitrogens with zero attached hydrogens (tertiary/aromatic N) is 4. The fourth-order valence-corrected chi connectivity index (χ4v) is 3.40. The molecule has 1 aromatic carbocycles. The molecule has 1 amide bonds. The van der Waals surface area contributed by atoms with E-state index in [0.29, 0.717) is 36.0 Å². The van der Waals surface area contributed by atoms with Gasteiger partial charge >= 0.3 is 0 Å². The average Bonchev–Trinajstić information content (AvgIpc) is 2.74. The molecule has 1 saturated heterocycles. The van der Waals surface area contributed by atoms with Crippen molar-refractivity contribution in [2.75, 3.05) is 13.1 Å². The number of piperidine rings is 1. The van der Waals surface area contributed by atoms with Gasteiger partial charge in [0.25, 0.3) is 5.91 Å². The number of benzene rings is 1. The predicted molar refractivity (Wildman–Crippen MR) is 101 cm³/mol. The highest BCUT2D eigenvalue weighted by Gasteiger charge is 2.29. The standard InChI is InChI=1S/C21H19FN4O2/c22-17-4-1-5-18(13-17)28-20-19(24-10-11-25-20)16-3-2-12-26(14-16)21(27)15-6-8-23-9-7-15/h1,4-11,13,16H,2-3,12,14H2. The zero-order valence-corrected chi connectivity index (χ0v) is 15.2. The van der Waals surface area contributed by atoms with Gasteiger partial charge in [0.2, 0.25) is 5.88 Å². The first-order valence-corrected chi connectivity index (χ1v) is 9.14. The van der Waals surface area contributed by atoms with Crippen molar-refractivity contribution in [1.29, 1.82) is 0 Å². The lowest BCUT2D eigenvalue weighted by atomic mass is 9.94. The Bertz CT molecular complexity index is 967. The van der Waals surface area contributed by atoms with Gasteiger partial charge in [-0.3, -0.25) is 14.8 Å². The van der Waals surface area contributed by atoms with Crippen molar-refractivity contribution in [2.45, 2.75) is 18.8 Å². The van der Waals surface area contributed by atoms with Gasteiger partial charge in [0.1, 0.15) is 17.3 Å². The van der Waals surface area contributed by atoms with Gasteiger partial charge in [0, 0.05) is 55.4 Å². The largest absolute Gasteiger partial charge is 0.437 e. The van der Waals surface area contributed by atoms with Gasteiger partial charge in [-0.05, 0) is 37.1 Å². The van der Waals surface area contributed by atoms with E-state index in [-0.39, 0.29) is 17.6 Å². The highest BCUT2D eigenvalue weighted by Crippen LogP contribution is 2.33. The summed E-state index contributed by atoms with van der Waals surface area (Å²) in [5.74, 6) is 0.300. The van der Waals surface area contributed by atoms with Gasteiger partial charge in [-0.1, -0.05) is 6.07 Å². The predicted octanol–water partition coefficient (Wildman–Crippen LogP) is 3.82. The Morgan fingerprint density at radius 3 is 2.75 bits per heavy atom. The monoisotopic (exact) mass is 378 g/mol. The highest BCUT2D eigenvalue weighted by atomic mass is 19.1. The van der Waals surface area contributed by atoms with E-state index in [0.717, 1.165) is 12.8 Å². The van der Waals surface area contributed by atoms with E-state index in [1.54, 1.807) is 49.1 Å². The van der Waals surface area contributed by atoms with Crippen LogP contribution in [-0.4, -0.2) is 38.8 Å². The Morgan fingerprint density at radius 2 is 1.93 bits per heavy atom. The number of halogens is 1. The molecule has 0 N–H and O–H groups in total. The molecular formula is C21H19FN4O2. The van der Waals surface area contributed by atoms with E-state index < -0.39 is 0 Å². The number of ether oxygens (including phenoxy) is 1. The molecule has 7 heteroatoms. The average molecular weight is 378 g/mol. The molecule has 1 aliphatic heterocycles. The number of pyridine rings is 1. The highest BCUT2D eigenvalue weighted by molar-refractivity contribution is 5.94. The van der Waals surface area contributed by atoms with Crippen molar-refractivity contribution < 1.29 is 13.9 Å². The van der Waals surface area contributed by atoms with Crippen LogP contribution in [0.15, 0.2) is 61.2 Å². The maximum atomic E-state index is 13.5. The van der Waals surface area contributed by atoms with Crippen LogP contribution in [0, 0.1) is 5.82 Å². The summed E-state index contributed by atoms with van der Waals surface area (Å²) in [4.78, 5) is 27.3. The van der Waals surface area contributed by atoms with Gasteiger partial charge in [0.05, 0.1) is 0 Å². The lowest BCUT2D eigenvalue weighted by Gasteiger charge is -2.32. The van der Waals surface area contributed by atoms with Crippen LogP contribution in [0.2, 0.25) is 0 Å². The van der Waals surface area contributed by atoms with Crippen LogP contribution in [0.1, 0.15) is 34.8 Å². The summed E-state index contributed by atoms with van der Waals surface area (Å²) < 4.78 is 19.3. The third-order valence-corrected chi connectivity index (χ3v) is 4.72. The van der Waals surface area contributed by atoms with Crippen molar-refractivity contribution in [3.8, 4) is 11.6 Å². The van der Waals surface area contributed by atoms with E-state index in [1.165, 1.54) is 12.1 Å². The number of aromatic nitrogens is 3. The molecule has 3 aromatic rings. The second-order valence-corrected chi connectivity index (χ2v) is 6.63. The normalized spacial score (nSPS) is 16.6. The summed E-state index contributed by atoms with van der Waals surface area (Å²) in [5, 5.41) is 0. The summed E-state index contributed by atoms with van der Waals surface area (Å²) in [6, 6.07) is 9.34. The van der Waals surface area contributed by atoms with Gasteiger partial charge in [-0.2, -0.15) is 0 Å². The van der Waals surface area contributed by atoms with Crippen LogP contribution in [0.5, 0.6) is 11.6 Å². The molecule has 1 atom stereocenters. The van der Waals surface area contributed by atoms with Crippen LogP contribution in [0.4, 0.5) is 4.39 Å². The minimum absolute atomic E-state index is 0.00297. The molecule has 28 heavy (non-hydrogen) atoms. The Labute approximate surface area is 162 Å². The molecule has 142 valence electrons. The van der Waals surface area contributed by atoms with E-state index >= 15 is 0 Å². The fourth-order valence-electron chi connectivity index (χ4n) is 3.40. The lowest BCUT2D eigenvalue weighted by Crippen LogP contribution is -2.39. The van der Waals surface area contributed by atoms with E-state index in [1.807, 2.05) is 4.90 Å². The molecule has 1 unspecified atom stereocenters. The summed E-state index contributed by atoms with van der Waals surface area (Å²) in [6.45, 7) is 1.22. The van der Waals surface area contributed by atoms with Crippen LogP contribution in [0.3, 0.4) is 0 Å².